The lowest BCUT2D eigenvalue weighted by molar-refractivity contribution is 0.483. The standard InChI is InChI=1S/C16H10O3S/c17-20(18,19)11-7-8-12-13-5-1-3-10-4-2-6-14(16(10)13)15(12)9-11/h1-9H,(H,17,18,19). The number of fused-ring (bicyclic) bond motifs is 3. The molecule has 0 unspecified atom stereocenters. The Hall–Kier alpha value is -2.17. The minimum Gasteiger partial charge on any atom is -0.282 e. The van der Waals surface area contributed by atoms with Crippen molar-refractivity contribution in [1.29, 1.82) is 0 Å². The summed E-state index contributed by atoms with van der Waals surface area (Å²) in [5.74, 6) is 0. The van der Waals surface area contributed by atoms with E-state index in [1.165, 1.54) is 6.07 Å². The zero-order valence-corrected chi connectivity index (χ0v) is 11.2. The van der Waals surface area contributed by atoms with Crippen LogP contribution in [0, 0.1) is 0 Å². The van der Waals surface area contributed by atoms with E-state index in [2.05, 4.69) is 0 Å². The Balaban J connectivity index is 2.14. The number of hydrogen-bond acceptors (Lipinski definition) is 2. The van der Waals surface area contributed by atoms with Crippen LogP contribution in [0.25, 0.3) is 33.0 Å². The van der Waals surface area contributed by atoms with Crippen molar-refractivity contribution in [1.82, 2.24) is 0 Å². The summed E-state index contributed by atoms with van der Waals surface area (Å²) in [5.41, 5.74) is 3.98. The van der Waals surface area contributed by atoms with Crippen LogP contribution in [0.2, 0.25) is 0 Å². The van der Waals surface area contributed by atoms with Gasteiger partial charge in [0.1, 0.15) is 0 Å². The molecule has 4 heteroatoms. The first-order chi connectivity index (χ1) is 9.55. The molecule has 3 nitrogen and oxygen atoms in total. The SMILES string of the molecule is O=S(=O)(O)c1ccc2c(c1)-c1cccc3cccc-2c13. The van der Waals surface area contributed by atoms with Gasteiger partial charge in [-0.05, 0) is 45.2 Å². The van der Waals surface area contributed by atoms with E-state index in [4.69, 9.17) is 0 Å². The number of hydrogen-bond donors (Lipinski definition) is 1. The first-order valence-electron chi connectivity index (χ1n) is 6.20. The van der Waals surface area contributed by atoms with Gasteiger partial charge in [0.15, 0.2) is 0 Å². The molecule has 0 aliphatic heterocycles. The molecule has 0 atom stereocenters. The third-order valence-corrected chi connectivity index (χ3v) is 4.62. The zero-order valence-electron chi connectivity index (χ0n) is 10.4. The molecule has 0 saturated heterocycles. The van der Waals surface area contributed by atoms with Crippen LogP contribution in [0.4, 0.5) is 0 Å². The second kappa shape index (κ2) is 3.69. The summed E-state index contributed by atoms with van der Waals surface area (Å²) >= 11 is 0. The Morgan fingerprint density at radius 3 is 2.05 bits per heavy atom. The van der Waals surface area contributed by atoms with E-state index in [9.17, 15) is 13.0 Å². The second-order valence-electron chi connectivity index (χ2n) is 4.89. The molecule has 98 valence electrons. The van der Waals surface area contributed by atoms with Gasteiger partial charge in [-0.3, -0.25) is 4.55 Å². The zero-order chi connectivity index (χ0) is 13.9. The van der Waals surface area contributed by atoms with E-state index in [0.29, 0.717) is 0 Å². The average molecular weight is 282 g/mol. The Bertz CT molecular complexity index is 967. The van der Waals surface area contributed by atoms with Crippen molar-refractivity contribution < 1.29 is 13.0 Å². The van der Waals surface area contributed by atoms with Crippen molar-refractivity contribution in [2.24, 2.45) is 0 Å². The molecule has 0 spiro atoms. The van der Waals surface area contributed by atoms with E-state index < -0.39 is 10.1 Å². The van der Waals surface area contributed by atoms with Gasteiger partial charge in [-0.25, -0.2) is 0 Å². The summed E-state index contributed by atoms with van der Waals surface area (Å²) in [5, 5.41) is 2.27. The van der Waals surface area contributed by atoms with E-state index in [0.717, 1.165) is 33.0 Å². The minimum absolute atomic E-state index is 0.0685. The van der Waals surface area contributed by atoms with Gasteiger partial charge in [0.2, 0.25) is 0 Å². The molecule has 3 aromatic carbocycles. The first-order valence-corrected chi connectivity index (χ1v) is 7.64. The van der Waals surface area contributed by atoms with Crippen molar-refractivity contribution >= 4 is 20.9 Å². The smallest absolute Gasteiger partial charge is 0.282 e. The maximum absolute atomic E-state index is 11.3. The highest BCUT2D eigenvalue weighted by molar-refractivity contribution is 7.85. The van der Waals surface area contributed by atoms with Crippen molar-refractivity contribution in [3.8, 4) is 22.3 Å². The summed E-state index contributed by atoms with van der Waals surface area (Å²) in [7, 11) is -4.18. The van der Waals surface area contributed by atoms with Crippen molar-refractivity contribution in [2.75, 3.05) is 0 Å². The van der Waals surface area contributed by atoms with E-state index in [1.807, 2.05) is 36.4 Å². The van der Waals surface area contributed by atoms with Gasteiger partial charge in [0.25, 0.3) is 10.1 Å². The van der Waals surface area contributed by atoms with Crippen molar-refractivity contribution in [2.45, 2.75) is 4.90 Å². The van der Waals surface area contributed by atoms with Gasteiger partial charge in [-0.2, -0.15) is 8.42 Å². The van der Waals surface area contributed by atoms with Crippen LogP contribution >= 0.6 is 0 Å². The molecule has 0 aromatic heterocycles. The monoisotopic (exact) mass is 282 g/mol. The lowest BCUT2D eigenvalue weighted by atomic mass is 10.0. The van der Waals surface area contributed by atoms with Gasteiger partial charge in [-0.15, -0.1) is 0 Å². The van der Waals surface area contributed by atoms with Crippen LogP contribution in [0.5, 0.6) is 0 Å². The molecule has 0 bridgehead atoms. The summed E-state index contributed by atoms with van der Waals surface area (Å²) < 4.78 is 31.8. The summed E-state index contributed by atoms with van der Waals surface area (Å²) in [4.78, 5) is -0.0685. The fraction of sp³-hybridized carbons (Fsp3) is 0. The van der Waals surface area contributed by atoms with E-state index in [-0.39, 0.29) is 4.90 Å². The van der Waals surface area contributed by atoms with Gasteiger partial charge in [-0.1, -0.05) is 42.5 Å². The molecule has 0 saturated carbocycles. The fourth-order valence-electron chi connectivity index (χ4n) is 2.93. The molecule has 0 heterocycles. The molecule has 3 aromatic rings. The minimum atomic E-state index is -4.18. The van der Waals surface area contributed by atoms with Crippen LogP contribution in [0.3, 0.4) is 0 Å². The summed E-state index contributed by atoms with van der Waals surface area (Å²) in [6.45, 7) is 0. The fourth-order valence-corrected chi connectivity index (χ4v) is 3.44. The Morgan fingerprint density at radius 1 is 0.750 bits per heavy atom. The maximum Gasteiger partial charge on any atom is 0.294 e. The topological polar surface area (TPSA) is 54.4 Å². The van der Waals surface area contributed by atoms with Crippen LogP contribution in [-0.4, -0.2) is 13.0 Å². The van der Waals surface area contributed by atoms with Crippen LogP contribution in [-0.2, 0) is 10.1 Å². The summed E-state index contributed by atoms with van der Waals surface area (Å²) in [6.07, 6.45) is 0. The highest BCUT2D eigenvalue weighted by Gasteiger charge is 2.22. The highest BCUT2D eigenvalue weighted by Crippen LogP contribution is 2.47. The predicted octanol–water partition coefficient (Wildman–Crippen LogP) is 3.73. The van der Waals surface area contributed by atoms with Gasteiger partial charge >= 0.3 is 0 Å². The molecular formula is C16H10O3S. The molecule has 0 amide bonds. The Morgan fingerprint density at radius 2 is 1.40 bits per heavy atom. The van der Waals surface area contributed by atoms with Crippen molar-refractivity contribution in [3.63, 3.8) is 0 Å². The van der Waals surface area contributed by atoms with Crippen LogP contribution in [0.15, 0.2) is 59.5 Å². The van der Waals surface area contributed by atoms with Gasteiger partial charge in [0.05, 0.1) is 4.90 Å². The lowest BCUT2D eigenvalue weighted by Crippen LogP contribution is -1.97. The third-order valence-electron chi connectivity index (χ3n) is 3.77. The quantitative estimate of drug-likeness (QED) is 0.541. The van der Waals surface area contributed by atoms with Crippen LogP contribution < -0.4 is 0 Å². The van der Waals surface area contributed by atoms with Gasteiger partial charge in [0, 0.05) is 0 Å². The Kier molecular flexibility index (Phi) is 2.14. The van der Waals surface area contributed by atoms with Crippen LogP contribution in [0.1, 0.15) is 0 Å². The van der Waals surface area contributed by atoms with Gasteiger partial charge < -0.3 is 0 Å². The molecule has 20 heavy (non-hydrogen) atoms. The third kappa shape index (κ3) is 1.46. The molecule has 1 aliphatic carbocycles. The van der Waals surface area contributed by atoms with Crippen molar-refractivity contribution in [3.05, 3.63) is 54.6 Å². The number of benzene rings is 3. The van der Waals surface area contributed by atoms with E-state index >= 15 is 0 Å². The largest absolute Gasteiger partial charge is 0.294 e. The number of rotatable bonds is 1. The molecule has 0 fully saturated rings. The molecule has 1 N–H and O–H groups in total. The second-order valence-corrected chi connectivity index (χ2v) is 6.31. The molecular weight excluding hydrogens is 272 g/mol. The first kappa shape index (κ1) is 11.6. The Labute approximate surface area is 116 Å². The molecule has 0 radical (unpaired) electrons. The molecule has 1 aliphatic rings. The highest BCUT2D eigenvalue weighted by atomic mass is 32.2. The predicted molar refractivity (Wildman–Crippen MR) is 78.2 cm³/mol. The molecule has 4 rings (SSSR count). The van der Waals surface area contributed by atoms with E-state index in [1.54, 1.807) is 12.1 Å². The summed E-state index contributed by atoms with van der Waals surface area (Å²) in [6, 6.07) is 16.8. The normalized spacial score (nSPS) is 12.7. The maximum atomic E-state index is 11.3. The lowest BCUT2D eigenvalue weighted by Gasteiger charge is -2.03. The average Bonchev–Trinajstić information content (AvgIpc) is 2.75.